The summed E-state index contributed by atoms with van der Waals surface area (Å²) in [5, 5.41) is 2.88. The van der Waals surface area contributed by atoms with Gasteiger partial charge < -0.3 is 0 Å². The van der Waals surface area contributed by atoms with Crippen LogP contribution in [0.2, 0.25) is 0 Å². The average Bonchev–Trinajstić information content (AvgIpc) is 3.26. The van der Waals surface area contributed by atoms with E-state index in [0.717, 1.165) is 6.42 Å². The van der Waals surface area contributed by atoms with Gasteiger partial charge >= 0.3 is 0 Å². The van der Waals surface area contributed by atoms with Crippen LogP contribution >= 0.6 is 0 Å². The van der Waals surface area contributed by atoms with Gasteiger partial charge in [-0.2, -0.15) is 0 Å². The molecule has 1 heteroatoms. The first kappa shape index (κ1) is 18.8. The molecule has 1 unspecified atom stereocenters. The van der Waals surface area contributed by atoms with E-state index in [-0.39, 0.29) is 26.2 Å². The summed E-state index contributed by atoms with van der Waals surface area (Å²) < 4.78 is 0. The van der Waals surface area contributed by atoms with Crippen molar-refractivity contribution >= 4 is 11.1 Å². The summed E-state index contributed by atoms with van der Waals surface area (Å²) >= 11 is 0. The van der Waals surface area contributed by atoms with E-state index in [1.54, 1.807) is 5.57 Å². The maximum Gasteiger partial charge on any atom is 0.0246 e. The van der Waals surface area contributed by atoms with Gasteiger partial charge in [0.2, 0.25) is 0 Å². The Morgan fingerprint density at radius 1 is 0.655 bits per heavy atom. The van der Waals surface area contributed by atoms with Gasteiger partial charge in [-0.05, 0) is 51.1 Å². The van der Waals surface area contributed by atoms with Crippen LogP contribution in [0.15, 0.2) is 97.1 Å². The molecule has 0 radical (unpaired) electrons. The summed E-state index contributed by atoms with van der Waals surface area (Å²) in [5.41, 5.74) is 8.91. The van der Waals surface area contributed by atoms with Crippen molar-refractivity contribution in [2.45, 2.75) is 18.8 Å². The van der Waals surface area contributed by atoms with Gasteiger partial charge in [-0.3, -0.25) is 0 Å². The molecule has 3 aliphatic rings. The van der Waals surface area contributed by atoms with Crippen molar-refractivity contribution in [2.75, 3.05) is 0 Å². The second-order valence-corrected chi connectivity index (χ2v) is 8.01. The molecule has 0 saturated heterocycles. The summed E-state index contributed by atoms with van der Waals surface area (Å²) in [5.74, 6) is 0.952. The maximum absolute atomic E-state index is 2.38. The summed E-state index contributed by atoms with van der Waals surface area (Å²) in [6.07, 6.45) is 11.4. The molecule has 0 spiro atoms. The Balaban J connectivity index is 0.00000181. The molecule has 3 aromatic carbocycles. The molecule has 3 aromatic rings. The van der Waals surface area contributed by atoms with Gasteiger partial charge in [0, 0.05) is 38.0 Å². The van der Waals surface area contributed by atoms with Crippen LogP contribution in [0.4, 0.5) is 0 Å². The fraction of sp³-hybridized carbons (Fsp3) is 0.143. The van der Waals surface area contributed by atoms with Crippen molar-refractivity contribution in [1.29, 1.82) is 0 Å². The van der Waals surface area contributed by atoms with Gasteiger partial charge in [0.15, 0.2) is 0 Å². The van der Waals surface area contributed by atoms with Crippen LogP contribution in [0.25, 0.3) is 22.3 Å². The fourth-order valence-corrected chi connectivity index (χ4v) is 5.45. The Bertz CT molecular complexity index is 1230. The van der Waals surface area contributed by atoms with Crippen LogP contribution in [-0.4, -0.2) is 0 Å². The first-order chi connectivity index (χ1) is 13.9. The third-order valence-electron chi connectivity index (χ3n) is 6.65. The van der Waals surface area contributed by atoms with E-state index in [1.807, 2.05) is 0 Å². The fourth-order valence-electron chi connectivity index (χ4n) is 5.45. The minimum absolute atomic E-state index is 0. The molecule has 1 atom stereocenters. The minimum Gasteiger partial charge on any atom is -0.0729 e. The molecular formula is C28H22Zr. The number of rotatable bonds is 3. The van der Waals surface area contributed by atoms with Crippen molar-refractivity contribution < 1.29 is 26.2 Å². The summed E-state index contributed by atoms with van der Waals surface area (Å²) in [7, 11) is 0. The Morgan fingerprint density at radius 3 is 2.00 bits per heavy atom. The second-order valence-electron chi connectivity index (χ2n) is 8.01. The van der Waals surface area contributed by atoms with E-state index in [4.69, 9.17) is 0 Å². The molecule has 0 heterocycles. The minimum atomic E-state index is 0. The van der Waals surface area contributed by atoms with E-state index in [1.165, 1.54) is 44.7 Å². The van der Waals surface area contributed by atoms with Crippen molar-refractivity contribution in [3.8, 4) is 11.1 Å². The smallest absolute Gasteiger partial charge is 0.0246 e. The summed E-state index contributed by atoms with van der Waals surface area (Å²) in [4.78, 5) is 0. The van der Waals surface area contributed by atoms with Crippen LogP contribution in [0.1, 0.15) is 29.9 Å². The van der Waals surface area contributed by atoms with Crippen molar-refractivity contribution in [3.63, 3.8) is 0 Å². The molecule has 0 saturated carbocycles. The zero-order valence-electron chi connectivity index (χ0n) is 16.3. The van der Waals surface area contributed by atoms with Gasteiger partial charge in [0.05, 0.1) is 0 Å². The first-order valence-corrected chi connectivity index (χ1v) is 10.3. The van der Waals surface area contributed by atoms with E-state index in [2.05, 4.69) is 97.1 Å². The SMILES string of the molecule is C1=CC2=c3ccccc3=C(CCC3c4ccccc4-c4ccccc43)C2C=C1.[Zr]. The maximum atomic E-state index is 2.38. The van der Waals surface area contributed by atoms with Crippen molar-refractivity contribution in [3.05, 3.63) is 119 Å². The largest absolute Gasteiger partial charge is 0.0729 e. The zero-order chi connectivity index (χ0) is 18.5. The van der Waals surface area contributed by atoms with Gasteiger partial charge in [0.1, 0.15) is 0 Å². The number of fused-ring (bicyclic) bond motifs is 5. The molecule has 29 heavy (non-hydrogen) atoms. The molecule has 3 aliphatic carbocycles. The Labute approximate surface area is 191 Å². The van der Waals surface area contributed by atoms with Crippen LogP contribution < -0.4 is 10.4 Å². The van der Waals surface area contributed by atoms with Crippen LogP contribution in [0.5, 0.6) is 0 Å². The van der Waals surface area contributed by atoms with E-state index < -0.39 is 0 Å². The standard InChI is InChI=1S/C28H22.Zr/c1-5-13-23-19(9-1)20-10-2-6-14-24(20)27(23)17-18-28-25-15-7-3-11-21(25)22-12-4-8-16-26(22)28;/h1-16,23,28H,17-18H2;. The predicted octanol–water partition coefficient (Wildman–Crippen LogP) is 5.33. The van der Waals surface area contributed by atoms with E-state index >= 15 is 0 Å². The molecule has 0 bridgehead atoms. The molecule has 138 valence electrons. The molecule has 0 aliphatic heterocycles. The van der Waals surface area contributed by atoms with Gasteiger partial charge in [-0.1, -0.05) is 103 Å². The second kappa shape index (κ2) is 7.54. The molecule has 0 fully saturated rings. The van der Waals surface area contributed by atoms with Gasteiger partial charge in [-0.25, -0.2) is 0 Å². The molecule has 0 amide bonds. The Hall–Kier alpha value is -2.24. The zero-order valence-corrected chi connectivity index (χ0v) is 18.8. The number of benzene rings is 3. The van der Waals surface area contributed by atoms with Gasteiger partial charge in [0.25, 0.3) is 0 Å². The summed E-state index contributed by atoms with van der Waals surface area (Å²) in [6.45, 7) is 0. The van der Waals surface area contributed by atoms with Crippen LogP contribution in [0.3, 0.4) is 0 Å². The monoisotopic (exact) mass is 448 g/mol. The van der Waals surface area contributed by atoms with E-state index in [9.17, 15) is 0 Å². The van der Waals surface area contributed by atoms with E-state index in [0.29, 0.717) is 11.8 Å². The summed E-state index contributed by atoms with van der Waals surface area (Å²) in [6, 6.07) is 26.9. The number of hydrogen-bond acceptors (Lipinski definition) is 0. The Morgan fingerprint density at radius 2 is 1.28 bits per heavy atom. The Kier molecular flexibility index (Phi) is 4.88. The number of allylic oxidation sites excluding steroid dienone is 4. The number of hydrogen-bond donors (Lipinski definition) is 0. The van der Waals surface area contributed by atoms with Crippen molar-refractivity contribution in [1.82, 2.24) is 0 Å². The van der Waals surface area contributed by atoms with Crippen LogP contribution in [-0.2, 0) is 26.2 Å². The topological polar surface area (TPSA) is 0 Å². The quantitative estimate of drug-likeness (QED) is 0.507. The molecular weight excluding hydrogens is 428 g/mol. The average molecular weight is 450 g/mol. The predicted molar refractivity (Wildman–Crippen MR) is 117 cm³/mol. The molecule has 6 rings (SSSR count). The molecule has 0 aromatic heterocycles. The third-order valence-corrected chi connectivity index (χ3v) is 6.65. The van der Waals surface area contributed by atoms with Crippen molar-refractivity contribution in [2.24, 2.45) is 5.92 Å². The molecule has 0 nitrogen and oxygen atoms in total. The van der Waals surface area contributed by atoms with Gasteiger partial charge in [-0.15, -0.1) is 0 Å². The van der Waals surface area contributed by atoms with Crippen LogP contribution in [0, 0.1) is 5.92 Å². The molecule has 0 N–H and O–H groups in total. The normalized spacial score (nSPS) is 18.1. The first-order valence-electron chi connectivity index (χ1n) is 10.3. The third kappa shape index (κ3) is 2.91.